The molecule has 112 valence electrons. The van der Waals surface area contributed by atoms with Gasteiger partial charge in [0.15, 0.2) is 5.69 Å². The van der Waals surface area contributed by atoms with E-state index in [-0.39, 0.29) is 5.56 Å². The molecule has 3 rings (SSSR count). The second kappa shape index (κ2) is 4.26. The maximum absolute atomic E-state index is 13.1. The second-order valence-electron chi connectivity index (χ2n) is 5.90. The Morgan fingerprint density at radius 2 is 1.95 bits per heavy atom. The van der Waals surface area contributed by atoms with Crippen molar-refractivity contribution in [2.24, 2.45) is 7.05 Å². The summed E-state index contributed by atoms with van der Waals surface area (Å²) in [5.41, 5.74) is 0.137. The first-order valence-electron chi connectivity index (χ1n) is 6.59. The Morgan fingerprint density at radius 3 is 2.62 bits per heavy atom. The molecular weight excluding hydrogens is 281 g/mol. The van der Waals surface area contributed by atoms with Gasteiger partial charge in [-0.25, -0.2) is 0 Å². The summed E-state index contributed by atoms with van der Waals surface area (Å²) in [6, 6.07) is 5.29. The normalized spacial score (nSPS) is 16.7. The molecule has 1 aliphatic heterocycles. The van der Waals surface area contributed by atoms with Crippen LogP contribution in [0.5, 0.6) is 5.75 Å². The standard InChI is InChI=1S/C15H15F3N2O/c1-14(2)7-9-5-4-6-10(12(9)21-14)11-8-20(3)19-13(11)15(16,17)18/h4-6,8H,7H2,1-3H3. The van der Waals surface area contributed by atoms with Crippen molar-refractivity contribution >= 4 is 0 Å². The zero-order chi connectivity index (χ0) is 15.4. The molecule has 0 saturated carbocycles. The van der Waals surface area contributed by atoms with Crippen LogP contribution in [0.2, 0.25) is 0 Å². The Hall–Kier alpha value is -1.98. The van der Waals surface area contributed by atoms with Crippen molar-refractivity contribution in [1.29, 1.82) is 0 Å². The number of aryl methyl sites for hydroxylation is 1. The predicted molar refractivity (Wildman–Crippen MR) is 72.1 cm³/mol. The summed E-state index contributed by atoms with van der Waals surface area (Å²) >= 11 is 0. The number of halogens is 3. The van der Waals surface area contributed by atoms with Gasteiger partial charge < -0.3 is 4.74 Å². The summed E-state index contributed by atoms with van der Waals surface area (Å²) in [6.07, 6.45) is -2.43. The first-order chi connectivity index (χ1) is 9.67. The van der Waals surface area contributed by atoms with Crippen LogP contribution in [0.15, 0.2) is 24.4 Å². The molecule has 0 fully saturated rings. The third-order valence-electron chi connectivity index (χ3n) is 3.48. The summed E-state index contributed by atoms with van der Waals surface area (Å²) in [5, 5.41) is 3.56. The van der Waals surface area contributed by atoms with Crippen LogP contribution in [0.3, 0.4) is 0 Å². The van der Waals surface area contributed by atoms with Gasteiger partial charge in [0, 0.05) is 30.8 Å². The average Bonchev–Trinajstić information content (AvgIpc) is 2.86. The molecule has 0 spiro atoms. The third-order valence-corrected chi connectivity index (χ3v) is 3.48. The highest BCUT2D eigenvalue weighted by atomic mass is 19.4. The molecular formula is C15H15F3N2O. The van der Waals surface area contributed by atoms with Crippen molar-refractivity contribution in [3.8, 4) is 16.9 Å². The van der Waals surface area contributed by atoms with E-state index in [0.717, 1.165) is 5.56 Å². The SMILES string of the molecule is Cn1cc(-c2cccc3c2OC(C)(C)C3)c(C(F)(F)F)n1. The third kappa shape index (κ3) is 2.39. The molecule has 0 unspecified atom stereocenters. The van der Waals surface area contributed by atoms with Gasteiger partial charge in [0.25, 0.3) is 0 Å². The largest absolute Gasteiger partial charge is 0.487 e. The smallest absolute Gasteiger partial charge is 0.435 e. The molecule has 0 saturated heterocycles. The van der Waals surface area contributed by atoms with Crippen LogP contribution < -0.4 is 4.74 Å². The van der Waals surface area contributed by atoms with Crippen LogP contribution in [0, 0.1) is 0 Å². The number of para-hydroxylation sites is 1. The van der Waals surface area contributed by atoms with Crippen molar-refractivity contribution in [3.05, 3.63) is 35.7 Å². The first kappa shape index (κ1) is 14.0. The molecule has 1 aromatic heterocycles. The second-order valence-corrected chi connectivity index (χ2v) is 5.90. The highest BCUT2D eigenvalue weighted by Gasteiger charge is 2.39. The molecule has 2 heterocycles. The van der Waals surface area contributed by atoms with Crippen molar-refractivity contribution < 1.29 is 17.9 Å². The van der Waals surface area contributed by atoms with Crippen LogP contribution >= 0.6 is 0 Å². The maximum atomic E-state index is 13.1. The fraction of sp³-hybridized carbons (Fsp3) is 0.400. The molecule has 0 N–H and O–H groups in total. The van der Waals surface area contributed by atoms with E-state index in [1.54, 1.807) is 12.1 Å². The molecule has 6 heteroatoms. The lowest BCUT2D eigenvalue weighted by atomic mass is 9.98. The molecule has 0 aliphatic carbocycles. The number of benzene rings is 1. The fourth-order valence-corrected chi connectivity index (χ4v) is 2.72. The van der Waals surface area contributed by atoms with E-state index in [1.807, 2.05) is 19.9 Å². The molecule has 21 heavy (non-hydrogen) atoms. The number of nitrogens with zero attached hydrogens (tertiary/aromatic N) is 2. The summed E-state index contributed by atoms with van der Waals surface area (Å²) in [5.74, 6) is 0.529. The van der Waals surface area contributed by atoms with E-state index in [2.05, 4.69) is 5.10 Å². The fourth-order valence-electron chi connectivity index (χ4n) is 2.72. The van der Waals surface area contributed by atoms with Crippen LogP contribution in [0.4, 0.5) is 13.2 Å². The quantitative estimate of drug-likeness (QED) is 0.800. The van der Waals surface area contributed by atoms with E-state index >= 15 is 0 Å². The Balaban J connectivity index is 2.19. The van der Waals surface area contributed by atoms with Gasteiger partial charge in [-0.05, 0) is 19.4 Å². The molecule has 1 aromatic carbocycles. The van der Waals surface area contributed by atoms with Gasteiger partial charge in [-0.15, -0.1) is 0 Å². The van der Waals surface area contributed by atoms with Crippen LogP contribution in [0.1, 0.15) is 25.1 Å². The van der Waals surface area contributed by atoms with Gasteiger partial charge in [0.2, 0.25) is 0 Å². The Bertz CT molecular complexity index is 701. The summed E-state index contributed by atoms with van der Waals surface area (Å²) < 4.78 is 46.4. The number of hydrogen-bond donors (Lipinski definition) is 0. The minimum Gasteiger partial charge on any atom is -0.487 e. The van der Waals surface area contributed by atoms with Gasteiger partial charge in [0.05, 0.1) is 0 Å². The zero-order valence-corrected chi connectivity index (χ0v) is 12.0. The molecule has 0 amide bonds. The topological polar surface area (TPSA) is 27.1 Å². The summed E-state index contributed by atoms with van der Waals surface area (Å²) in [4.78, 5) is 0. The molecule has 3 nitrogen and oxygen atoms in total. The average molecular weight is 296 g/mol. The number of aromatic nitrogens is 2. The Labute approximate surface area is 120 Å². The van der Waals surface area contributed by atoms with Crippen molar-refractivity contribution in [2.45, 2.75) is 32.0 Å². The number of ether oxygens (including phenoxy) is 1. The van der Waals surface area contributed by atoms with Gasteiger partial charge >= 0.3 is 6.18 Å². The Kier molecular flexibility index (Phi) is 2.83. The number of fused-ring (bicyclic) bond motifs is 1. The number of hydrogen-bond acceptors (Lipinski definition) is 2. The van der Waals surface area contributed by atoms with Gasteiger partial charge in [0.1, 0.15) is 11.4 Å². The molecule has 0 bridgehead atoms. The molecule has 0 atom stereocenters. The van der Waals surface area contributed by atoms with Crippen molar-refractivity contribution in [2.75, 3.05) is 0 Å². The highest BCUT2D eigenvalue weighted by molar-refractivity contribution is 5.75. The molecule has 1 aliphatic rings. The van der Waals surface area contributed by atoms with Crippen LogP contribution in [-0.4, -0.2) is 15.4 Å². The molecule has 0 radical (unpaired) electrons. The van der Waals surface area contributed by atoms with E-state index < -0.39 is 17.5 Å². The van der Waals surface area contributed by atoms with Crippen molar-refractivity contribution in [3.63, 3.8) is 0 Å². The Morgan fingerprint density at radius 1 is 1.24 bits per heavy atom. The molecule has 2 aromatic rings. The lowest BCUT2D eigenvalue weighted by Gasteiger charge is -2.18. The lowest BCUT2D eigenvalue weighted by molar-refractivity contribution is -0.140. The summed E-state index contributed by atoms with van der Waals surface area (Å²) in [6.45, 7) is 3.84. The maximum Gasteiger partial charge on any atom is 0.435 e. The monoisotopic (exact) mass is 296 g/mol. The van der Waals surface area contributed by atoms with Gasteiger partial charge in [-0.3, -0.25) is 4.68 Å². The van der Waals surface area contributed by atoms with Gasteiger partial charge in [-0.1, -0.05) is 18.2 Å². The van der Waals surface area contributed by atoms with E-state index in [9.17, 15) is 13.2 Å². The van der Waals surface area contributed by atoms with Crippen LogP contribution in [-0.2, 0) is 19.6 Å². The van der Waals surface area contributed by atoms with Crippen molar-refractivity contribution in [1.82, 2.24) is 9.78 Å². The van der Waals surface area contributed by atoms with E-state index in [1.165, 1.54) is 17.9 Å². The summed E-state index contributed by atoms with van der Waals surface area (Å²) in [7, 11) is 1.48. The van der Waals surface area contributed by atoms with E-state index in [4.69, 9.17) is 4.74 Å². The van der Waals surface area contributed by atoms with Gasteiger partial charge in [-0.2, -0.15) is 18.3 Å². The van der Waals surface area contributed by atoms with E-state index in [0.29, 0.717) is 17.7 Å². The first-order valence-corrected chi connectivity index (χ1v) is 6.59. The lowest BCUT2D eigenvalue weighted by Crippen LogP contribution is -2.24. The highest BCUT2D eigenvalue weighted by Crippen LogP contribution is 2.45. The minimum atomic E-state index is -4.49. The number of rotatable bonds is 1. The van der Waals surface area contributed by atoms with Crippen LogP contribution in [0.25, 0.3) is 11.1 Å². The number of alkyl halides is 3. The predicted octanol–water partition coefficient (Wildman–Crippen LogP) is 3.82. The zero-order valence-electron chi connectivity index (χ0n) is 12.0. The minimum absolute atomic E-state index is 0.0551.